The summed E-state index contributed by atoms with van der Waals surface area (Å²) in [4.78, 5) is 11.6. The lowest BCUT2D eigenvalue weighted by Gasteiger charge is -2.21. The van der Waals surface area contributed by atoms with E-state index >= 15 is 0 Å². The third-order valence-corrected chi connectivity index (χ3v) is 2.17. The third kappa shape index (κ3) is 5.40. The molecule has 0 aliphatic rings. The van der Waals surface area contributed by atoms with E-state index in [1.54, 1.807) is 0 Å². The Kier molecular flexibility index (Phi) is 4.79. The molecule has 18 heavy (non-hydrogen) atoms. The van der Waals surface area contributed by atoms with E-state index in [2.05, 4.69) is 11.2 Å². The fourth-order valence-corrected chi connectivity index (χ4v) is 1.45. The Hall–Kier alpha value is -1.95. The molecule has 0 spiro atoms. The molecule has 0 aliphatic heterocycles. The number of amides is 1. The second-order valence-electron chi connectivity index (χ2n) is 5.06. The maximum absolute atomic E-state index is 11.6. The van der Waals surface area contributed by atoms with Crippen molar-refractivity contribution in [3.63, 3.8) is 0 Å². The predicted octanol–water partition coefficient (Wildman–Crippen LogP) is 2.76. The van der Waals surface area contributed by atoms with Gasteiger partial charge in [-0.15, -0.1) is 6.42 Å². The van der Waals surface area contributed by atoms with Crippen LogP contribution in [0.25, 0.3) is 0 Å². The van der Waals surface area contributed by atoms with Crippen molar-refractivity contribution in [3.05, 3.63) is 35.9 Å². The van der Waals surface area contributed by atoms with Gasteiger partial charge in [-0.3, -0.25) is 0 Å². The van der Waals surface area contributed by atoms with E-state index in [9.17, 15) is 4.79 Å². The Morgan fingerprint density at radius 3 is 2.50 bits per heavy atom. The van der Waals surface area contributed by atoms with Crippen LogP contribution in [0.15, 0.2) is 30.3 Å². The Morgan fingerprint density at radius 1 is 1.39 bits per heavy atom. The summed E-state index contributed by atoms with van der Waals surface area (Å²) in [5, 5.41) is 2.67. The van der Waals surface area contributed by atoms with Gasteiger partial charge in [-0.2, -0.15) is 0 Å². The van der Waals surface area contributed by atoms with Crippen molar-refractivity contribution in [2.75, 3.05) is 0 Å². The number of benzene rings is 1. The monoisotopic (exact) mass is 245 g/mol. The minimum Gasteiger partial charge on any atom is -0.444 e. The molecule has 1 atom stereocenters. The van der Waals surface area contributed by atoms with Crippen LogP contribution in [-0.2, 0) is 11.2 Å². The van der Waals surface area contributed by atoms with Crippen LogP contribution in [0.3, 0.4) is 0 Å². The predicted molar refractivity (Wildman–Crippen MR) is 72.1 cm³/mol. The maximum atomic E-state index is 11.6. The van der Waals surface area contributed by atoms with Gasteiger partial charge in [0.2, 0.25) is 0 Å². The summed E-state index contributed by atoms with van der Waals surface area (Å²) in [5.41, 5.74) is 0.562. The molecule has 0 unspecified atom stereocenters. The molecule has 1 aromatic carbocycles. The van der Waals surface area contributed by atoms with Gasteiger partial charge in [0.15, 0.2) is 0 Å². The molecule has 1 amide bonds. The average Bonchev–Trinajstić information content (AvgIpc) is 2.27. The zero-order chi connectivity index (χ0) is 13.6. The van der Waals surface area contributed by atoms with Gasteiger partial charge < -0.3 is 10.1 Å². The second-order valence-corrected chi connectivity index (χ2v) is 5.06. The summed E-state index contributed by atoms with van der Waals surface area (Å²) >= 11 is 0. The highest BCUT2D eigenvalue weighted by Crippen LogP contribution is 2.08. The van der Waals surface area contributed by atoms with Crippen molar-refractivity contribution < 1.29 is 9.53 Å². The van der Waals surface area contributed by atoms with E-state index in [1.807, 2.05) is 51.1 Å². The van der Waals surface area contributed by atoms with E-state index < -0.39 is 11.7 Å². The molecule has 0 saturated carbocycles. The summed E-state index contributed by atoms with van der Waals surface area (Å²) in [6.07, 6.45) is 5.52. The van der Waals surface area contributed by atoms with Crippen LogP contribution in [-0.4, -0.2) is 17.7 Å². The van der Waals surface area contributed by atoms with Gasteiger partial charge in [0.1, 0.15) is 5.60 Å². The number of alkyl carbamates (subject to hydrolysis) is 1. The lowest BCUT2D eigenvalue weighted by atomic mass is 10.1. The van der Waals surface area contributed by atoms with Gasteiger partial charge >= 0.3 is 6.09 Å². The summed E-state index contributed by atoms with van der Waals surface area (Å²) in [5.74, 6) is 2.56. The zero-order valence-electron chi connectivity index (χ0n) is 11.1. The number of carbonyl (C=O) groups excluding carboxylic acids is 1. The Morgan fingerprint density at radius 2 is 2.00 bits per heavy atom. The van der Waals surface area contributed by atoms with Crippen LogP contribution in [0.1, 0.15) is 26.3 Å². The highest BCUT2D eigenvalue weighted by molar-refractivity contribution is 5.68. The number of hydrogen-bond donors (Lipinski definition) is 1. The van der Waals surface area contributed by atoms with E-state index in [-0.39, 0.29) is 6.04 Å². The molecule has 96 valence electrons. The normalized spacial score (nSPS) is 12.3. The van der Waals surface area contributed by atoms with E-state index in [0.29, 0.717) is 6.42 Å². The van der Waals surface area contributed by atoms with Crippen LogP contribution >= 0.6 is 0 Å². The molecule has 1 N–H and O–H groups in total. The molecular formula is C15H19NO2. The molecule has 0 heterocycles. The molecule has 0 saturated heterocycles. The smallest absolute Gasteiger partial charge is 0.408 e. The van der Waals surface area contributed by atoms with Gasteiger partial charge in [-0.1, -0.05) is 36.3 Å². The summed E-state index contributed by atoms with van der Waals surface area (Å²) in [6, 6.07) is 9.41. The van der Waals surface area contributed by atoms with Gasteiger partial charge in [0, 0.05) is 6.42 Å². The van der Waals surface area contributed by atoms with Crippen LogP contribution < -0.4 is 5.32 Å². The number of nitrogens with one attached hydrogen (secondary N) is 1. The number of carbonyl (C=O) groups is 1. The molecule has 0 radical (unpaired) electrons. The zero-order valence-corrected chi connectivity index (χ0v) is 11.1. The molecule has 3 heteroatoms. The number of hydrogen-bond acceptors (Lipinski definition) is 2. The average molecular weight is 245 g/mol. The maximum Gasteiger partial charge on any atom is 0.408 e. The molecule has 1 rings (SSSR count). The first-order valence-electron chi connectivity index (χ1n) is 5.90. The first-order chi connectivity index (χ1) is 8.40. The van der Waals surface area contributed by atoms with E-state index in [1.165, 1.54) is 0 Å². The lowest BCUT2D eigenvalue weighted by Crippen LogP contribution is -2.39. The Balaban J connectivity index is 2.54. The van der Waals surface area contributed by atoms with E-state index in [4.69, 9.17) is 11.2 Å². The quantitative estimate of drug-likeness (QED) is 0.832. The van der Waals surface area contributed by atoms with E-state index in [0.717, 1.165) is 5.56 Å². The number of rotatable bonds is 3. The second kappa shape index (κ2) is 6.11. The number of terminal acetylenes is 1. The Labute approximate surface area is 109 Å². The first-order valence-corrected chi connectivity index (χ1v) is 5.90. The molecule has 0 aromatic heterocycles. The van der Waals surface area contributed by atoms with Crippen molar-refractivity contribution in [1.29, 1.82) is 0 Å². The molecule has 0 aliphatic carbocycles. The van der Waals surface area contributed by atoms with Gasteiger partial charge in [0.25, 0.3) is 0 Å². The van der Waals surface area contributed by atoms with Crippen molar-refractivity contribution in [2.24, 2.45) is 0 Å². The first kappa shape index (κ1) is 14.1. The van der Waals surface area contributed by atoms with Crippen LogP contribution in [0.5, 0.6) is 0 Å². The highest BCUT2D eigenvalue weighted by Gasteiger charge is 2.18. The summed E-state index contributed by atoms with van der Waals surface area (Å²) in [6.45, 7) is 5.44. The largest absolute Gasteiger partial charge is 0.444 e. The van der Waals surface area contributed by atoms with Gasteiger partial charge in [0.05, 0.1) is 6.04 Å². The molecular weight excluding hydrogens is 226 g/mol. The fraction of sp³-hybridized carbons (Fsp3) is 0.400. The van der Waals surface area contributed by atoms with Crippen LogP contribution in [0, 0.1) is 12.3 Å². The summed E-state index contributed by atoms with van der Waals surface area (Å²) in [7, 11) is 0. The number of ether oxygens (including phenoxy) is 1. The highest BCUT2D eigenvalue weighted by atomic mass is 16.6. The summed E-state index contributed by atoms with van der Waals surface area (Å²) < 4.78 is 5.16. The van der Waals surface area contributed by atoms with Crippen molar-refractivity contribution in [3.8, 4) is 12.3 Å². The molecule has 1 aromatic rings. The standard InChI is InChI=1S/C15H19NO2/c1-5-13(11-12-9-7-6-8-10-12)16-14(17)18-15(2,3)4/h1,6-10,13H,11H2,2-4H3,(H,16,17)/t13-/m1/s1. The minimum absolute atomic E-state index is 0.359. The van der Waals surface area contributed by atoms with Crippen molar-refractivity contribution in [2.45, 2.75) is 38.8 Å². The minimum atomic E-state index is -0.518. The molecule has 3 nitrogen and oxygen atoms in total. The SMILES string of the molecule is C#C[C@H](Cc1ccccc1)NC(=O)OC(C)(C)C. The fourth-order valence-electron chi connectivity index (χ4n) is 1.45. The van der Waals surface area contributed by atoms with Gasteiger partial charge in [-0.05, 0) is 26.3 Å². The third-order valence-electron chi connectivity index (χ3n) is 2.17. The molecule has 0 bridgehead atoms. The van der Waals surface area contributed by atoms with Gasteiger partial charge in [-0.25, -0.2) is 4.79 Å². The van der Waals surface area contributed by atoms with Crippen LogP contribution in [0.4, 0.5) is 4.79 Å². The lowest BCUT2D eigenvalue weighted by molar-refractivity contribution is 0.0516. The Bertz CT molecular complexity index is 426. The van der Waals surface area contributed by atoms with Crippen molar-refractivity contribution in [1.82, 2.24) is 5.32 Å². The molecule has 0 fully saturated rings. The van der Waals surface area contributed by atoms with Crippen molar-refractivity contribution >= 4 is 6.09 Å². The topological polar surface area (TPSA) is 38.3 Å². The van der Waals surface area contributed by atoms with Crippen LogP contribution in [0.2, 0.25) is 0 Å².